The summed E-state index contributed by atoms with van der Waals surface area (Å²) < 4.78 is 5.25. The molecule has 2 aromatic carbocycles. The molecule has 0 bridgehead atoms. The number of hydrogen-bond donors (Lipinski definition) is 1. The van der Waals surface area contributed by atoms with E-state index in [2.05, 4.69) is 0 Å². The molecule has 0 aliphatic heterocycles. The molecule has 0 spiro atoms. The maximum absolute atomic E-state index is 11.8. The van der Waals surface area contributed by atoms with Gasteiger partial charge in [-0.15, -0.1) is 0 Å². The molecule has 0 aliphatic carbocycles. The van der Waals surface area contributed by atoms with E-state index in [9.17, 15) is 20.0 Å². The minimum atomic E-state index is -1.17. The van der Waals surface area contributed by atoms with Crippen LogP contribution in [-0.4, -0.2) is 16.0 Å². The summed E-state index contributed by atoms with van der Waals surface area (Å²) in [5, 5.41) is 21.3. The Bertz CT molecular complexity index is 853. The maximum atomic E-state index is 11.8. The summed E-state index contributed by atoms with van der Waals surface area (Å²) in [6.07, 6.45) is 0. The highest BCUT2D eigenvalue weighted by atomic mass is 16.6. The van der Waals surface area contributed by atoms with E-state index >= 15 is 0 Å². The number of hydrogen-bond acceptors (Lipinski definition) is 4. The van der Waals surface area contributed by atoms with Gasteiger partial charge < -0.3 is 9.52 Å². The van der Waals surface area contributed by atoms with Crippen LogP contribution in [0.1, 0.15) is 17.0 Å². The van der Waals surface area contributed by atoms with Gasteiger partial charge in [-0.3, -0.25) is 14.9 Å². The molecule has 3 aromatic rings. The number of carboxylic acids is 1. The molecule has 1 N–H and O–H groups in total. The molecule has 1 aromatic heterocycles. The Kier molecular flexibility index (Phi) is 3.34. The molecule has 0 radical (unpaired) electrons. The van der Waals surface area contributed by atoms with Crippen molar-refractivity contribution < 1.29 is 19.2 Å². The first-order valence-electron chi connectivity index (χ1n) is 6.53. The van der Waals surface area contributed by atoms with Gasteiger partial charge >= 0.3 is 11.9 Å². The van der Waals surface area contributed by atoms with Crippen LogP contribution >= 0.6 is 0 Å². The average Bonchev–Trinajstić information content (AvgIpc) is 2.88. The number of furan rings is 1. The number of nitro groups is 1. The van der Waals surface area contributed by atoms with E-state index < -0.39 is 22.7 Å². The van der Waals surface area contributed by atoms with Crippen molar-refractivity contribution in [1.29, 1.82) is 0 Å². The Morgan fingerprint density at radius 3 is 2.36 bits per heavy atom. The van der Waals surface area contributed by atoms with E-state index in [1.54, 1.807) is 54.6 Å². The minimum absolute atomic E-state index is 0.0688. The lowest BCUT2D eigenvalue weighted by Crippen LogP contribution is -2.14. The highest BCUT2D eigenvalue weighted by Crippen LogP contribution is 2.40. The third-order valence-electron chi connectivity index (χ3n) is 3.45. The van der Waals surface area contributed by atoms with Gasteiger partial charge in [-0.2, -0.15) is 0 Å². The first kappa shape index (κ1) is 13.8. The number of para-hydroxylation sites is 1. The minimum Gasteiger partial charge on any atom is -0.481 e. The third-order valence-corrected chi connectivity index (χ3v) is 3.45. The van der Waals surface area contributed by atoms with Crippen LogP contribution in [0.4, 0.5) is 5.88 Å². The number of fused-ring (bicyclic) bond motifs is 1. The summed E-state index contributed by atoms with van der Waals surface area (Å²) in [7, 11) is 0. The Morgan fingerprint density at radius 2 is 1.73 bits per heavy atom. The summed E-state index contributed by atoms with van der Waals surface area (Å²) in [6, 6.07) is 15.0. The number of carbonyl (C=O) groups is 1. The molecule has 0 saturated heterocycles. The van der Waals surface area contributed by atoms with Crippen LogP contribution in [0.3, 0.4) is 0 Å². The first-order chi connectivity index (χ1) is 10.6. The van der Waals surface area contributed by atoms with Crippen molar-refractivity contribution >= 4 is 22.8 Å². The van der Waals surface area contributed by atoms with Gasteiger partial charge in [-0.1, -0.05) is 48.5 Å². The highest BCUT2D eigenvalue weighted by molar-refractivity contribution is 5.93. The molecule has 3 rings (SSSR count). The van der Waals surface area contributed by atoms with Crippen molar-refractivity contribution in [2.45, 2.75) is 5.92 Å². The smallest absolute Gasteiger partial charge is 0.438 e. The number of rotatable bonds is 4. The SMILES string of the molecule is O=C(O)C(c1ccccc1)c1c([N+](=O)[O-])oc2ccccc12. The van der Waals surface area contributed by atoms with Gasteiger partial charge in [0.25, 0.3) is 0 Å². The van der Waals surface area contributed by atoms with Crippen LogP contribution in [-0.2, 0) is 4.79 Å². The molecular formula is C16H11NO5. The zero-order valence-corrected chi connectivity index (χ0v) is 11.3. The van der Waals surface area contributed by atoms with Crippen molar-refractivity contribution in [2.75, 3.05) is 0 Å². The number of aliphatic carboxylic acids is 1. The summed E-state index contributed by atoms with van der Waals surface area (Å²) in [5.74, 6) is -2.86. The predicted molar refractivity (Wildman–Crippen MR) is 78.8 cm³/mol. The van der Waals surface area contributed by atoms with E-state index in [0.717, 1.165) is 0 Å². The normalized spacial score (nSPS) is 12.2. The molecular weight excluding hydrogens is 286 g/mol. The molecule has 0 saturated carbocycles. The van der Waals surface area contributed by atoms with E-state index in [1.807, 2.05) is 0 Å². The number of benzene rings is 2. The third kappa shape index (κ3) is 2.20. The van der Waals surface area contributed by atoms with Crippen LogP contribution < -0.4 is 0 Å². The second-order valence-electron chi connectivity index (χ2n) is 4.76. The Morgan fingerprint density at radius 1 is 1.09 bits per heavy atom. The highest BCUT2D eigenvalue weighted by Gasteiger charge is 2.35. The number of nitrogens with zero attached hydrogens (tertiary/aromatic N) is 1. The second kappa shape index (κ2) is 5.33. The Balaban J connectivity index is 2.32. The van der Waals surface area contributed by atoms with Crippen molar-refractivity contribution in [2.24, 2.45) is 0 Å². The lowest BCUT2D eigenvalue weighted by Gasteiger charge is -2.10. The molecule has 110 valence electrons. The molecule has 1 unspecified atom stereocenters. The quantitative estimate of drug-likeness (QED) is 0.587. The lowest BCUT2D eigenvalue weighted by molar-refractivity contribution is -0.402. The van der Waals surface area contributed by atoms with Gasteiger partial charge in [0.05, 0.1) is 0 Å². The van der Waals surface area contributed by atoms with E-state index in [4.69, 9.17) is 4.42 Å². The standard InChI is InChI=1S/C16H11NO5/c18-16(19)13(10-6-2-1-3-7-10)14-11-8-4-5-9-12(11)22-15(14)17(20)21/h1-9,13H,(H,18,19). The Hall–Kier alpha value is -3.15. The molecule has 6 heteroatoms. The van der Waals surface area contributed by atoms with Gasteiger partial charge in [0.1, 0.15) is 22.0 Å². The predicted octanol–water partition coefficient (Wildman–Crippen LogP) is 3.56. The Labute approximate surface area is 124 Å². The zero-order chi connectivity index (χ0) is 15.7. The first-order valence-corrected chi connectivity index (χ1v) is 6.53. The van der Waals surface area contributed by atoms with Crippen molar-refractivity contribution in [3.05, 3.63) is 75.8 Å². The van der Waals surface area contributed by atoms with Gasteiger partial charge in [0, 0.05) is 5.39 Å². The topological polar surface area (TPSA) is 93.6 Å². The van der Waals surface area contributed by atoms with E-state index in [0.29, 0.717) is 16.5 Å². The van der Waals surface area contributed by atoms with Crippen LogP contribution in [0, 0.1) is 10.1 Å². The fraction of sp³-hybridized carbons (Fsp3) is 0.0625. The molecule has 0 fully saturated rings. The summed E-state index contributed by atoms with van der Waals surface area (Å²) in [4.78, 5) is 22.3. The molecule has 22 heavy (non-hydrogen) atoms. The summed E-state index contributed by atoms with van der Waals surface area (Å²) in [5.41, 5.74) is 0.829. The fourth-order valence-corrected chi connectivity index (χ4v) is 2.55. The van der Waals surface area contributed by atoms with E-state index in [-0.39, 0.29) is 5.56 Å². The van der Waals surface area contributed by atoms with Gasteiger partial charge in [-0.05, 0) is 11.6 Å². The molecule has 1 heterocycles. The van der Waals surface area contributed by atoms with Gasteiger partial charge in [0.15, 0.2) is 0 Å². The maximum Gasteiger partial charge on any atom is 0.438 e. The van der Waals surface area contributed by atoms with Gasteiger partial charge in [-0.25, -0.2) is 0 Å². The van der Waals surface area contributed by atoms with Gasteiger partial charge in [0.2, 0.25) is 0 Å². The summed E-state index contributed by atoms with van der Waals surface area (Å²) >= 11 is 0. The molecule has 0 amide bonds. The van der Waals surface area contributed by atoms with Crippen molar-refractivity contribution in [1.82, 2.24) is 0 Å². The fourth-order valence-electron chi connectivity index (χ4n) is 2.55. The van der Waals surface area contributed by atoms with Crippen LogP contribution in [0.5, 0.6) is 0 Å². The van der Waals surface area contributed by atoms with Crippen LogP contribution in [0.25, 0.3) is 11.0 Å². The van der Waals surface area contributed by atoms with Crippen molar-refractivity contribution in [3.8, 4) is 0 Å². The molecule has 1 atom stereocenters. The molecule has 6 nitrogen and oxygen atoms in total. The van der Waals surface area contributed by atoms with E-state index in [1.165, 1.54) is 0 Å². The lowest BCUT2D eigenvalue weighted by atomic mass is 9.90. The zero-order valence-electron chi connectivity index (χ0n) is 11.3. The average molecular weight is 297 g/mol. The monoisotopic (exact) mass is 297 g/mol. The second-order valence-corrected chi connectivity index (χ2v) is 4.76. The van der Waals surface area contributed by atoms with Crippen LogP contribution in [0.15, 0.2) is 59.0 Å². The van der Waals surface area contributed by atoms with Crippen molar-refractivity contribution in [3.63, 3.8) is 0 Å². The number of carboxylic acid groups (broad SMARTS) is 1. The summed E-state index contributed by atoms with van der Waals surface area (Å²) in [6.45, 7) is 0. The van der Waals surface area contributed by atoms with Crippen LogP contribution in [0.2, 0.25) is 0 Å². The largest absolute Gasteiger partial charge is 0.481 e. The molecule has 0 aliphatic rings.